The summed E-state index contributed by atoms with van der Waals surface area (Å²) in [6.07, 6.45) is 0.891. The van der Waals surface area contributed by atoms with Crippen molar-refractivity contribution in [1.82, 2.24) is 5.32 Å². The molecule has 2 rings (SSSR count). The van der Waals surface area contributed by atoms with Gasteiger partial charge in [0, 0.05) is 11.0 Å². The van der Waals surface area contributed by atoms with Crippen LogP contribution in [-0.2, 0) is 4.79 Å². The van der Waals surface area contributed by atoms with E-state index in [1.807, 2.05) is 32.0 Å². The average Bonchev–Trinajstić information content (AvgIpc) is 2.72. The number of hydrogen-bond acceptors (Lipinski definition) is 2. The molecule has 0 radical (unpaired) electrons. The Morgan fingerprint density at radius 3 is 2.94 bits per heavy atom. The highest BCUT2D eigenvalue weighted by atomic mass is 79.9. The lowest BCUT2D eigenvalue weighted by atomic mass is 9.88. The van der Waals surface area contributed by atoms with Crippen molar-refractivity contribution in [2.75, 3.05) is 18.4 Å². The number of aryl methyl sites for hydroxylation is 1. The molecule has 1 atom stereocenters. The Morgan fingerprint density at radius 2 is 2.29 bits per heavy atom. The minimum atomic E-state index is -0.289. The molecule has 3 nitrogen and oxygen atoms in total. The first-order valence-electron chi connectivity index (χ1n) is 5.80. The van der Waals surface area contributed by atoms with Gasteiger partial charge >= 0.3 is 0 Å². The van der Waals surface area contributed by atoms with E-state index in [4.69, 9.17) is 0 Å². The molecule has 1 aliphatic heterocycles. The fourth-order valence-electron chi connectivity index (χ4n) is 2.02. The monoisotopic (exact) mass is 296 g/mol. The molecule has 1 aliphatic rings. The van der Waals surface area contributed by atoms with Crippen molar-refractivity contribution in [2.45, 2.75) is 20.3 Å². The van der Waals surface area contributed by atoms with Crippen LogP contribution in [0.1, 0.15) is 18.9 Å². The molecule has 1 aromatic rings. The van der Waals surface area contributed by atoms with Gasteiger partial charge in [0.1, 0.15) is 0 Å². The van der Waals surface area contributed by atoms with E-state index >= 15 is 0 Å². The van der Waals surface area contributed by atoms with Crippen LogP contribution in [0, 0.1) is 12.3 Å². The fourth-order valence-corrected chi connectivity index (χ4v) is 2.36. The normalized spacial score (nSPS) is 23.7. The molecule has 1 amide bonds. The molecule has 1 fully saturated rings. The van der Waals surface area contributed by atoms with Crippen LogP contribution in [0.3, 0.4) is 0 Å². The number of hydrogen-bond donors (Lipinski definition) is 2. The second kappa shape index (κ2) is 4.78. The number of benzene rings is 1. The zero-order valence-electron chi connectivity index (χ0n) is 10.1. The Bertz CT molecular complexity index is 439. The van der Waals surface area contributed by atoms with Gasteiger partial charge in [-0.25, -0.2) is 0 Å². The number of carbonyl (C=O) groups is 1. The minimum absolute atomic E-state index is 0.0915. The lowest BCUT2D eigenvalue weighted by molar-refractivity contribution is -0.123. The van der Waals surface area contributed by atoms with Crippen molar-refractivity contribution in [3.8, 4) is 0 Å². The molecule has 1 heterocycles. The maximum atomic E-state index is 12.2. The second-order valence-electron chi connectivity index (χ2n) is 4.92. The van der Waals surface area contributed by atoms with Gasteiger partial charge in [0.05, 0.1) is 11.1 Å². The summed E-state index contributed by atoms with van der Waals surface area (Å²) in [5, 5.41) is 6.24. The first kappa shape index (κ1) is 12.6. The molecule has 0 spiro atoms. The molecule has 1 saturated heterocycles. The maximum Gasteiger partial charge on any atom is 0.231 e. The summed E-state index contributed by atoms with van der Waals surface area (Å²) < 4.78 is 0.922. The fraction of sp³-hybridized carbons (Fsp3) is 0.462. The smallest absolute Gasteiger partial charge is 0.231 e. The lowest BCUT2D eigenvalue weighted by Gasteiger charge is -2.22. The SMILES string of the molecule is Cc1ccc(Br)c(NC(=O)C2(C)CCNC2)c1. The van der Waals surface area contributed by atoms with Crippen molar-refractivity contribution in [3.63, 3.8) is 0 Å². The van der Waals surface area contributed by atoms with E-state index < -0.39 is 0 Å². The van der Waals surface area contributed by atoms with Crippen LogP contribution in [0.15, 0.2) is 22.7 Å². The van der Waals surface area contributed by atoms with Crippen molar-refractivity contribution in [1.29, 1.82) is 0 Å². The summed E-state index contributed by atoms with van der Waals surface area (Å²) in [7, 11) is 0. The van der Waals surface area contributed by atoms with Crippen molar-refractivity contribution in [2.24, 2.45) is 5.41 Å². The largest absolute Gasteiger partial charge is 0.325 e. The summed E-state index contributed by atoms with van der Waals surface area (Å²) in [5.74, 6) is 0.0915. The van der Waals surface area contributed by atoms with Gasteiger partial charge in [0.15, 0.2) is 0 Å². The van der Waals surface area contributed by atoms with E-state index in [1.165, 1.54) is 0 Å². The Labute approximate surface area is 110 Å². The van der Waals surface area contributed by atoms with Crippen LogP contribution in [0.5, 0.6) is 0 Å². The molecule has 17 heavy (non-hydrogen) atoms. The molecule has 1 unspecified atom stereocenters. The number of nitrogens with one attached hydrogen (secondary N) is 2. The predicted molar refractivity (Wildman–Crippen MR) is 73.1 cm³/mol. The van der Waals surface area contributed by atoms with Crippen LogP contribution in [0.4, 0.5) is 5.69 Å². The summed E-state index contributed by atoms with van der Waals surface area (Å²) in [5.41, 5.74) is 1.70. The quantitative estimate of drug-likeness (QED) is 0.881. The summed E-state index contributed by atoms with van der Waals surface area (Å²) in [6.45, 7) is 5.69. The molecule has 0 aliphatic carbocycles. The number of halogens is 1. The molecular formula is C13H17BrN2O. The Hall–Kier alpha value is -0.870. The van der Waals surface area contributed by atoms with Crippen molar-refractivity contribution >= 4 is 27.5 Å². The van der Waals surface area contributed by atoms with Crippen LogP contribution in [0.2, 0.25) is 0 Å². The zero-order valence-corrected chi connectivity index (χ0v) is 11.7. The van der Waals surface area contributed by atoms with E-state index in [1.54, 1.807) is 0 Å². The highest BCUT2D eigenvalue weighted by Gasteiger charge is 2.36. The van der Waals surface area contributed by atoms with E-state index in [9.17, 15) is 4.79 Å². The van der Waals surface area contributed by atoms with Crippen LogP contribution in [0.25, 0.3) is 0 Å². The molecule has 4 heteroatoms. The third kappa shape index (κ3) is 2.69. The van der Waals surface area contributed by atoms with Crippen molar-refractivity contribution < 1.29 is 4.79 Å². The average molecular weight is 297 g/mol. The second-order valence-corrected chi connectivity index (χ2v) is 5.78. The van der Waals surface area contributed by atoms with Crippen LogP contribution in [-0.4, -0.2) is 19.0 Å². The zero-order chi connectivity index (χ0) is 12.5. The van der Waals surface area contributed by atoms with Crippen molar-refractivity contribution in [3.05, 3.63) is 28.2 Å². The first-order valence-corrected chi connectivity index (χ1v) is 6.59. The summed E-state index contributed by atoms with van der Waals surface area (Å²) >= 11 is 3.45. The van der Waals surface area contributed by atoms with Crippen LogP contribution < -0.4 is 10.6 Å². The maximum absolute atomic E-state index is 12.2. The third-order valence-corrected chi connectivity index (χ3v) is 3.98. The molecule has 0 aromatic heterocycles. The van der Waals surface area contributed by atoms with Gasteiger partial charge in [-0.05, 0) is 60.4 Å². The van der Waals surface area contributed by atoms with Gasteiger partial charge in [-0.2, -0.15) is 0 Å². The first-order chi connectivity index (χ1) is 8.01. The van der Waals surface area contributed by atoms with Gasteiger partial charge in [0.2, 0.25) is 5.91 Å². The minimum Gasteiger partial charge on any atom is -0.325 e. The Morgan fingerprint density at radius 1 is 1.53 bits per heavy atom. The molecule has 92 valence electrons. The molecular weight excluding hydrogens is 280 g/mol. The topological polar surface area (TPSA) is 41.1 Å². The number of rotatable bonds is 2. The number of anilines is 1. The molecule has 0 saturated carbocycles. The summed E-state index contributed by atoms with van der Waals surface area (Å²) in [4.78, 5) is 12.2. The number of amides is 1. The highest BCUT2D eigenvalue weighted by molar-refractivity contribution is 9.10. The van der Waals surface area contributed by atoms with Crippen LogP contribution >= 0.6 is 15.9 Å². The summed E-state index contributed by atoms with van der Waals surface area (Å²) in [6, 6.07) is 5.95. The highest BCUT2D eigenvalue weighted by Crippen LogP contribution is 2.29. The third-order valence-electron chi connectivity index (χ3n) is 3.29. The van der Waals surface area contributed by atoms with Gasteiger partial charge < -0.3 is 10.6 Å². The van der Waals surface area contributed by atoms with Gasteiger partial charge in [0.25, 0.3) is 0 Å². The van der Waals surface area contributed by atoms with E-state index in [0.29, 0.717) is 0 Å². The van der Waals surface area contributed by atoms with Gasteiger partial charge in [-0.3, -0.25) is 4.79 Å². The standard InChI is InChI=1S/C13H17BrN2O/c1-9-3-4-10(14)11(7-9)16-12(17)13(2)5-6-15-8-13/h3-4,7,15H,5-6,8H2,1-2H3,(H,16,17). The van der Waals surface area contributed by atoms with Gasteiger partial charge in [-0.1, -0.05) is 6.07 Å². The molecule has 0 bridgehead atoms. The van der Waals surface area contributed by atoms with E-state index in [-0.39, 0.29) is 11.3 Å². The molecule has 1 aromatic carbocycles. The molecule has 2 N–H and O–H groups in total. The predicted octanol–water partition coefficient (Wildman–Crippen LogP) is 2.70. The number of carbonyl (C=O) groups excluding carboxylic acids is 1. The van der Waals surface area contributed by atoms with E-state index in [2.05, 4.69) is 26.6 Å². The Kier molecular flexibility index (Phi) is 3.54. The Balaban J connectivity index is 2.15. The van der Waals surface area contributed by atoms with E-state index in [0.717, 1.165) is 35.2 Å². The van der Waals surface area contributed by atoms with Gasteiger partial charge in [-0.15, -0.1) is 0 Å². The lowest BCUT2D eigenvalue weighted by Crippen LogP contribution is -2.35.